The fourth-order valence-electron chi connectivity index (χ4n) is 3.14. The molecule has 2 atom stereocenters. The molecular weight excluding hydrogens is 240 g/mol. The molecule has 1 aliphatic heterocycles. The van der Waals surface area contributed by atoms with Gasteiger partial charge in [0.1, 0.15) is 0 Å². The van der Waals surface area contributed by atoms with Gasteiger partial charge in [0.2, 0.25) is 5.72 Å². The molecule has 1 aliphatic rings. The van der Waals surface area contributed by atoms with Crippen LogP contribution in [0.2, 0.25) is 0 Å². The van der Waals surface area contributed by atoms with Crippen LogP contribution in [0.25, 0.3) is 0 Å². The molecule has 2 unspecified atom stereocenters. The summed E-state index contributed by atoms with van der Waals surface area (Å²) in [6.07, 6.45) is 2.94. The van der Waals surface area contributed by atoms with E-state index in [9.17, 15) is 4.79 Å². The number of carbonyl (C=O) groups excluding carboxylic acids is 1. The Labute approximate surface area is 117 Å². The maximum Gasteiger partial charge on any atom is 0.344 e. The molecule has 1 saturated heterocycles. The van der Waals surface area contributed by atoms with E-state index in [1.165, 1.54) is 0 Å². The lowest BCUT2D eigenvalue weighted by atomic mass is 9.59. The Morgan fingerprint density at radius 3 is 2.16 bits per heavy atom. The SMILES string of the molecule is CCCC(C)(C(C)(C)C)C1(CC)ON1C(=O)NCC. The van der Waals surface area contributed by atoms with Crippen LogP contribution in [0.4, 0.5) is 4.79 Å². The minimum atomic E-state index is -0.458. The zero-order chi connectivity index (χ0) is 14.9. The second kappa shape index (κ2) is 5.31. The summed E-state index contributed by atoms with van der Waals surface area (Å²) in [5, 5.41) is 4.38. The summed E-state index contributed by atoms with van der Waals surface area (Å²) in [6, 6.07) is -0.115. The van der Waals surface area contributed by atoms with Gasteiger partial charge in [0.25, 0.3) is 0 Å². The Kier molecular flexibility index (Phi) is 4.55. The summed E-state index contributed by atoms with van der Waals surface area (Å²) in [4.78, 5) is 17.9. The highest BCUT2D eigenvalue weighted by atomic mass is 16.9. The normalized spacial score (nSPS) is 25.9. The Bertz CT molecular complexity index is 338. The van der Waals surface area contributed by atoms with Crippen LogP contribution in [-0.2, 0) is 4.84 Å². The summed E-state index contributed by atoms with van der Waals surface area (Å²) in [7, 11) is 0. The third-order valence-electron chi connectivity index (χ3n) is 4.80. The molecule has 19 heavy (non-hydrogen) atoms. The van der Waals surface area contributed by atoms with Crippen molar-refractivity contribution in [2.24, 2.45) is 10.8 Å². The smallest absolute Gasteiger partial charge is 0.336 e. The summed E-state index contributed by atoms with van der Waals surface area (Å²) >= 11 is 0. The Hall–Kier alpha value is -0.770. The van der Waals surface area contributed by atoms with Gasteiger partial charge in [0.15, 0.2) is 0 Å². The van der Waals surface area contributed by atoms with Gasteiger partial charge in [-0.25, -0.2) is 9.63 Å². The van der Waals surface area contributed by atoms with E-state index >= 15 is 0 Å². The van der Waals surface area contributed by atoms with E-state index in [1.807, 2.05) is 6.92 Å². The van der Waals surface area contributed by atoms with Gasteiger partial charge < -0.3 is 5.32 Å². The molecule has 0 radical (unpaired) electrons. The number of hydrogen-bond acceptors (Lipinski definition) is 2. The lowest BCUT2D eigenvalue weighted by Crippen LogP contribution is -2.49. The van der Waals surface area contributed by atoms with Crippen LogP contribution < -0.4 is 5.32 Å². The summed E-state index contributed by atoms with van der Waals surface area (Å²) in [5.41, 5.74) is -0.449. The van der Waals surface area contributed by atoms with E-state index < -0.39 is 5.72 Å². The molecule has 2 amide bonds. The van der Waals surface area contributed by atoms with Gasteiger partial charge in [0.05, 0.1) is 0 Å². The van der Waals surface area contributed by atoms with Crippen LogP contribution >= 0.6 is 0 Å². The van der Waals surface area contributed by atoms with Crippen LogP contribution in [0.5, 0.6) is 0 Å². The fourth-order valence-corrected chi connectivity index (χ4v) is 3.14. The lowest BCUT2D eigenvalue weighted by Gasteiger charge is -2.45. The third kappa shape index (κ3) is 2.47. The van der Waals surface area contributed by atoms with E-state index in [2.05, 4.69) is 46.9 Å². The fraction of sp³-hybridized carbons (Fsp3) is 0.933. The molecule has 4 nitrogen and oxygen atoms in total. The van der Waals surface area contributed by atoms with Crippen LogP contribution in [0, 0.1) is 10.8 Å². The molecule has 0 bridgehead atoms. The third-order valence-corrected chi connectivity index (χ3v) is 4.80. The number of urea groups is 1. The number of nitrogens with zero attached hydrogens (tertiary/aromatic N) is 1. The maximum absolute atomic E-state index is 12.0. The van der Waals surface area contributed by atoms with E-state index in [-0.39, 0.29) is 16.9 Å². The van der Waals surface area contributed by atoms with E-state index in [0.717, 1.165) is 19.3 Å². The van der Waals surface area contributed by atoms with Gasteiger partial charge in [-0.1, -0.05) is 48.0 Å². The average molecular weight is 270 g/mol. The van der Waals surface area contributed by atoms with Crippen molar-refractivity contribution < 1.29 is 9.63 Å². The first-order valence-electron chi connectivity index (χ1n) is 7.47. The van der Waals surface area contributed by atoms with E-state index in [1.54, 1.807) is 5.06 Å². The highest BCUT2D eigenvalue weighted by Crippen LogP contribution is 2.61. The largest absolute Gasteiger partial charge is 0.344 e. The second-order valence-electron chi connectivity index (χ2n) is 6.69. The van der Waals surface area contributed by atoms with Gasteiger partial charge in [-0.05, 0) is 25.2 Å². The molecule has 0 aromatic carbocycles. The second-order valence-corrected chi connectivity index (χ2v) is 6.69. The Morgan fingerprint density at radius 2 is 1.79 bits per heavy atom. The summed E-state index contributed by atoms with van der Waals surface area (Å²) < 4.78 is 0. The number of carbonyl (C=O) groups is 1. The number of rotatable bonds is 5. The van der Waals surface area contributed by atoms with Crippen LogP contribution in [0.15, 0.2) is 0 Å². The van der Waals surface area contributed by atoms with Crippen molar-refractivity contribution in [1.82, 2.24) is 10.4 Å². The minimum absolute atomic E-state index is 0.0609. The summed E-state index contributed by atoms with van der Waals surface area (Å²) in [6.45, 7) is 15.8. The molecule has 1 rings (SSSR count). The zero-order valence-electron chi connectivity index (χ0n) is 13.6. The first-order valence-corrected chi connectivity index (χ1v) is 7.47. The molecule has 0 spiro atoms. The van der Waals surface area contributed by atoms with Crippen LogP contribution in [0.3, 0.4) is 0 Å². The molecule has 1 heterocycles. The molecule has 0 aromatic heterocycles. The predicted molar refractivity (Wildman–Crippen MR) is 77.5 cm³/mol. The van der Waals surface area contributed by atoms with Crippen LogP contribution in [-0.4, -0.2) is 23.4 Å². The number of hydroxylamine groups is 2. The van der Waals surface area contributed by atoms with Crippen molar-refractivity contribution in [3.8, 4) is 0 Å². The minimum Gasteiger partial charge on any atom is -0.336 e. The van der Waals surface area contributed by atoms with Crippen molar-refractivity contribution in [3.63, 3.8) is 0 Å². The van der Waals surface area contributed by atoms with Crippen molar-refractivity contribution >= 4 is 6.03 Å². The molecule has 1 N–H and O–H groups in total. The average Bonchev–Trinajstić information content (AvgIpc) is 3.04. The van der Waals surface area contributed by atoms with Gasteiger partial charge >= 0.3 is 6.03 Å². The summed E-state index contributed by atoms with van der Waals surface area (Å²) in [5.74, 6) is 0. The first-order chi connectivity index (χ1) is 8.70. The van der Waals surface area contributed by atoms with Crippen LogP contribution in [0.1, 0.15) is 67.7 Å². The van der Waals surface area contributed by atoms with Crippen molar-refractivity contribution in [3.05, 3.63) is 0 Å². The number of nitrogens with one attached hydrogen (secondary N) is 1. The molecule has 0 aromatic rings. The first kappa shape index (κ1) is 16.3. The predicted octanol–water partition coefficient (Wildman–Crippen LogP) is 3.92. The van der Waals surface area contributed by atoms with E-state index in [4.69, 9.17) is 4.84 Å². The topological polar surface area (TPSA) is 44.6 Å². The lowest BCUT2D eigenvalue weighted by molar-refractivity contribution is -0.00572. The molecular formula is C15H30N2O2. The van der Waals surface area contributed by atoms with Gasteiger partial charge in [-0.2, -0.15) is 5.06 Å². The standard InChI is InChI=1S/C15H30N2O2/c1-8-11-14(7,13(4,5)6)15(9-2)17(19-15)12(18)16-10-3/h8-11H2,1-7H3,(H,16,18). The monoisotopic (exact) mass is 270 g/mol. The Morgan fingerprint density at radius 1 is 1.21 bits per heavy atom. The van der Waals surface area contributed by atoms with Crippen molar-refractivity contribution in [1.29, 1.82) is 0 Å². The number of amides is 2. The zero-order valence-corrected chi connectivity index (χ0v) is 13.6. The molecule has 112 valence electrons. The Balaban J connectivity index is 3.05. The van der Waals surface area contributed by atoms with E-state index in [0.29, 0.717) is 6.54 Å². The highest BCUT2D eigenvalue weighted by molar-refractivity contribution is 5.75. The van der Waals surface area contributed by atoms with Gasteiger partial charge in [-0.3, -0.25) is 0 Å². The van der Waals surface area contributed by atoms with Crippen molar-refractivity contribution in [2.75, 3.05) is 6.54 Å². The maximum atomic E-state index is 12.0. The molecule has 4 heteroatoms. The van der Waals surface area contributed by atoms with Crippen molar-refractivity contribution in [2.45, 2.75) is 73.5 Å². The van der Waals surface area contributed by atoms with Gasteiger partial charge in [0, 0.05) is 12.0 Å². The molecule has 0 aliphatic carbocycles. The molecule has 1 fully saturated rings. The number of hydrogen-bond donors (Lipinski definition) is 1. The van der Waals surface area contributed by atoms with Gasteiger partial charge in [-0.15, -0.1) is 0 Å². The molecule has 0 saturated carbocycles. The quantitative estimate of drug-likeness (QED) is 0.769. The highest BCUT2D eigenvalue weighted by Gasteiger charge is 2.70.